The van der Waals surface area contributed by atoms with Gasteiger partial charge in [0.2, 0.25) is 5.82 Å². The van der Waals surface area contributed by atoms with Crippen LogP contribution in [0.25, 0.3) is 22.8 Å². The van der Waals surface area contributed by atoms with E-state index in [1.165, 1.54) is 5.56 Å². The molecule has 1 N–H and O–H groups in total. The van der Waals surface area contributed by atoms with E-state index >= 15 is 0 Å². The summed E-state index contributed by atoms with van der Waals surface area (Å²) in [6, 6.07) is 15.5. The SMILES string of the molecule is Cc1ccc(-c2noc(-c3ccc(OCC(=S)NCC4C=COCC4)cc3)n2)cc1. The average Bonchev–Trinajstić information content (AvgIpc) is 3.28. The Bertz CT molecular complexity index is 1010. The lowest BCUT2D eigenvalue weighted by atomic mass is 10.1. The molecular formula is C23H23N3O3S. The number of nitrogens with one attached hydrogen (secondary N) is 1. The lowest BCUT2D eigenvalue weighted by molar-refractivity contribution is 0.208. The van der Waals surface area contributed by atoms with Gasteiger partial charge in [-0.3, -0.25) is 0 Å². The first-order chi connectivity index (χ1) is 14.7. The minimum absolute atomic E-state index is 0.333. The minimum Gasteiger partial charge on any atom is -0.501 e. The van der Waals surface area contributed by atoms with Crippen LogP contribution in [0.4, 0.5) is 0 Å². The molecule has 1 unspecified atom stereocenters. The molecule has 0 saturated heterocycles. The van der Waals surface area contributed by atoms with Crippen LogP contribution in [-0.2, 0) is 4.74 Å². The van der Waals surface area contributed by atoms with Crippen LogP contribution in [-0.4, -0.2) is 34.9 Å². The second-order valence-electron chi connectivity index (χ2n) is 7.15. The zero-order valence-corrected chi connectivity index (χ0v) is 17.5. The summed E-state index contributed by atoms with van der Waals surface area (Å²) >= 11 is 5.36. The van der Waals surface area contributed by atoms with E-state index in [1.807, 2.05) is 55.5 Å². The van der Waals surface area contributed by atoms with Gasteiger partial charge in [-0.25, -0.2) is 0 Å². The molecular weight excluding hydrogens is 398 g/mol. The zero-order valence-electron chi connectivity index (χ0n) is 16.7. The number of ether oxygens (including phenoxy) is 2. The molecule has 1 atom stereocenters. The molecule has 1 aliphatic rings. The van der Waals surface area contributed by atoms with E-state index < -0.39 is 0 Å². The minimum atomic E-state index is 0.333. The van der Waals surface area contributed by atoms with Gasteiger partial charge in [-0.1, -0.05) is 47.2 Å². The van der Waals surface area contributed by atoms with Gasteiger partial charge in [0, 0.05) is 23.6 Å². The third-order valence-corrected chi connectivity index (χ3v) is 5.08. The molecule has 7 heteroatoms. The maximum atomic E-state index is 5.77. The maximum absolute atomic E-state index is 5.77. The van der Waals surface area contributed by atoms with Gasteiger partial charge in [0.15, 0.2) is 0 Å². The van der Waals surface area contributed by atoms with E-state index in [1.54, 1.807) is 6.26 Å². The molecule has 0 radical (unpaired) electrons. The van der Waals surface area contributed by atoms with Crippen molar-refractivity contribution >= 4 is 17.2 Å². The Morgan fingerprint density at radius 3 is 2.63 bits per heavy atom. The summed E-state index contributed by atoms with van der Waals surface area (Å²) in [7, 11) is 0. The lowest BCUT2D eigenvalue weighted by Gasteiger charge is -2.18. The van der Waals surface area contributed by atoms with E-state index in [4.69, 9.17) is 26.2 Å². The Balaban J connectivity index is 1.30. The number of hydrogen-bond donors (Lipinski definition) is 1. The Morgan fingerprint density at radius 1 is 1.13 bits per heavy atom. The van der Waals surface area contributed by atoms with Crippen molar-refractivity contribution < 1.29 is 14.0 Å². The molecule has 2 heterocycles. The highest BCUT2D eigenvalue weighted by atomic mass is 32.1. The predicted molar refractivity (Wildman–Crippen MR) is 119 cm³/mol. The molecule has 30 heavy (non-hydrogen) atoms. The van der Waals surface area contributed by atoms with Crippen LogP contribution in [0.5, 0.6) is 5.75 Å². The summed E-state index contributed by atoms with van der Waals surface area (Å²) < 4.78 is 16.4. The second kappa shape index (κ2) is 9.54. The number of hydrogen-bond acceptors (Lipinski definition) is 6. The number of nitrogens with zero attached hydrogens (tertiary/aromatic N) is 2. The van der Waals surface area contributed by atoms with Crippen molar-refractivity contribution in [2.75, 3.05) is 19.8 Å². The van der Waals surface area contributed by atoms with Crippen LogP contribution in [0, 0.1) is 12.8 Å². The first-order valence-electron chi connectivity index (χ1n) is 9.86. The van der Waals surface area contributed by atoms with Crippen molar-refractivity contribution in [3.8, 4) is 28.6 Å². The summed E-state index contributed by atoms with van der Waals surface area (Å²) in [6.07, 6.45) is 4.81. The summed E-state index contributed by atoms with van der Waals surface area (Å²) in [5.74, 6) is 2.21. The first kappa shape index (κ1) is 20.1. The second-order valence-corrected chi connectivity index (χ2v) is 7.65. The van der Waals surface area contributed by atoms with Crippen LogP contribution in [0.2, 0.25) is 0 Å². The van der Waals surface area contributed by atoms with Crippen LogP contribution in [0.3, 0.4) is 0 Å². The van der Waals surface area contributed by atoms with Crippen LogP contribution >= 0.6 is 12.2 Å². The quantitative estimate of drug-likeness (QED) is 0.561. The molecule has 0 spiro atoms. The highest BCUT2D eigenvalue weighted by molar-refractivity contribution is 7.80. The van der Waals surface area contributed by atoms with Gasteiger partial charge in [0.05, 0.1) is 12.9 Å². The van der Waals surface area contributed by atoms with Gasteiger partial charge >= 0.3 is 0 Å². The molecule has 0 fully saturated rings. The summed E-state index contributed by atoms with van der Waals surface area (Å²) in [5.41, 5.74) is 2.95. The number of thiocarbonyl (C=S) groups is 1. The first-order valence-corrected chi connectivity index (χ1v) is 10.3. The fourth-order valence-corrected chi connectivity index (χ4v) is 3.16. The number of aromatic nitrogens is 2. The highest BCUT2D eigenvalue weighted by Crippen LogP contribution is 2.24. The topological polar surface area (TPSA) is 69.4 Å². The Morgan fingerprint density at radius 2 is 1.90 bits per heavy atom. The van der Waals surface area contributed by atoms with E-state index in [0.29, 0.717) is 29.2 Å². The summed E-state index contributed by atoms with van der Waals surface area (Å²) in [4.78, 5) is 5.17. The van der Waals surface area contributed by atoms with E-state index in [-0.39, 0.29) is 0 Å². The predicted octanol–water partition coefficient (Wildman–Crippen LogP) is 4.56. The largest absolute Gasteiger partial charge is 0.501 e. The Hall–Kier alpha value is -3.19. The van der Waals surface area contributed by atoms with Crippen molar-refractivity contribution in [3.63, 3.8) is 0 Å². The number of aryl methyl sites for hydroxylation is 1. The van der Waals surface area contributed by atoms with Crippen molar-refractivity contribution in [3.05, 3.63) is 66.4 Å². The monoisotopic (exact) mass is 421 g/mol. The Labute approximate surface area is 180 Å². The van der Waals surface area contributed by atoms with E-state index in [0.717, 1.165) is 36.4 Å². The van der Waals surface area contributed by atoms with Gasteiger partial charge in [0.25, 0.3) is 5.89 Å². The molecule has 0 bridgehead atoms. The third-order valence-electron chi connectivity index (χ3n) is 4.82. The maximum Gasteiger partial charge on any atom is 0.258 e. The Kier molecular flexibility index (Phi) is 6.39. The van der Waals surface area contributed by atoms with E-state index in [9.17, 15) is 0 Å². The van der Waals surface area contributed by atoms with Crippen LogP contribution in [0.1, 0.15) is 12.0 Å². The van der Waals surface area contributed by atoms with Gasteiger partial charge in [-0.15, -0.1) is 0 Å². The molecule has 1 aromatic heterocycles. The van der Waals surface area contributed by atoms with Crippen molar-refractivity contribution in [1.82, 2.24) is 15.5 Å². The van der Waals surface area contributed by atoms with Gasteiger partial charge in [0.1, 0.15) is 17.3 Å². The number of benzene rings is 2. The van der Waals surface area contributed by atoms with Crippen LogP contribution in [0.15, 0.2) is 65.4 Å². The van der Waals surface area contributed by atoms with Gasteiger partial charge in [-0.05, 0) is 43.7 Å². The molecule has 0 amide bonds. The molecule has 2 aromatic carbocycles. The number of rotatable bonds is 7. The molecule has 1 aliphatic heterocycles. The third kappa shape index (κ3) is 5.24. The smallest absolute Gasteiger partial charge is 0.258 e. The van der Waals surface area contributed by atoms with Crippen molar-refractivity contribution in [1.29, 1.82) is 0 Å². The molecule has 6 nitrogen and oxygen atoms in total. The molecule has 3 aromatic rings. The highest BCUT2D eigenvalue weighted by Gasteiger charge is 2.12. The normalized spacial score (nSPS) is 15.4. The molecule has 0 aliphatic carbocycles. The summed E-state index contributed by atoms with van der Waals surface area (Å²) in [6.45, 7) is 3.92. The van der Waals surface area contributed by atoms with Crippen molar-refractivity contribution in [2.45, 2.75) is 13.3 Å². The molecule has 154 valence electrons. The molecule has 4 rings (SSSR count). The van der Waals surface area contributed by atoms with E-state index in [2.05, 4.69) is 21.5 Å². The molecule has 0 saturated carbocycles. The fourth-order valence-electron chi connectivity index (χ4n) is 3.02. The van der Waals surface area contributed by atoms with Crippen LogP contribution < -0.4 is 10.1 Å². The lowest BCUT2D eigenvalue weighted by Crippen LogP contribution is -2.32. The zero-order chi connectivity index (χ0) is 20.8. The van der Waals surface area contributed by atoms with Gasteiger partial charge in [-0.2, -0.15) is 4.98 Å². The fraction of sp³-hybridized carbons (Fsp3) is 0.261. The summed E-state index contributed by atoms with van der Waals surface area (Å²) in [5, 5.41) is 7.33. The average molecular weight is 422 g/mol. The van der Waals surface area contributed by atoms with Crippen molar-refractivity contribution in [2.24, 2.45) is 5.92 Å². The van der Waals surface area contributed by atoms with Gasteiger partial charge < -0.3 is 19.3 Å². The standard InChI is InChI=1S/C23H23N3O3S/c1-16-2-4-18(5-3-16)22-25-23(29-26-22)19-6-8-20(9-7-19)28-15-21(30)24-14-17-10-12-27-13-11-17/h2-10,12,17H,11,13-15H2,1H3,(H,24,30).